The molecule has 222 valence electrons. The van der Waals surface area contributed by atoms with Gasteiger partial charge >= 0.3 is 0 Å². The maximum Gasteiger partial charge on any atom is 0.264 e. The van der Waals surface area contributed by atoms with Crippen molar-refractivity contribution >= 4 is 21.9 Å². The lowest BCUT2D eigenvalue weighted by Gasteiger charge is -2.41. The molecule has 8 nitrogen and oxygen atoms in total. The molecule has 1 aromatic heterocycles. The minimum Gasteiger partial charge on any atom is -0.477 e. The Morgan fingerprint density at radius 3 is 2.40 bits per heavy atom. The van der Waals surface area contributed by atoms with Crippen LogP contribution in [0.2, 0.25) is 0 Å². The van der Waals surface area contributed by atoms with E-state index < -0.39 is 10.0 Å². The minimum atomic E-state index is -4.12. The van der Waals surface area contributed by atoms with Gasteiger partial charge in [-0.15, -0.1) is 0 Å². The van der Waals surface area contributed by atoms with E-state index in [-0.39, 0.29) is 46.6 Å². The number of sulfonamides is 1. The third-order valence-corrected chi connectivity index (χ3v) is 9.88. The van der Waals surface area contributed by atoms with Crippen LogP contribution in [0.3, 0.4) is 0 Å². The lowest BCUT2D eigenvalue weighted by Crippen LogP contribution is -2.46. The zero-order chi connectivity index (χ0) is 30.7. The number of amides is 1. The van der Waals surface area contributed by atoms with Gasteiger partial charge in [0.15, 0.2) is 0 Å². The van der Waals surface area contributed by atoms with E-state index >= 15 is 0 Å². The Morgan fingerprint density at radius 1 is 0.953 bits per heavy atom. The standard InChI is InChI=1S/C34H36N4O4S/c1-20-9-7-10-21(2)31(20)29-17-30-36-33(35-29)37-43(40,41)26-12-8-11-23(16-26)32(39)38-18-24-15-25(34(4,5)6)13-14-27(24)28(19-42-30)22(38)3/h7-17,22,28H,18-19H2,1-6H3,(H,35,36,37)/t22?,28-/m0/s1. The van der Waals surface area contributed by atoms with Crippen molar-refractivity contribution in [1.29, 1.82) is 0 Å². The highest BCUT2D eigenvalue weighted by molar-refractivity contribution is 7.92. The molecular weight excluding hydrogens is 560 g/mol. The molecule has 43 heavy (non-hydrogen) atoms. The van der Waals surface area contributed by atoms with Gasteiger partial charge in [0.1, 0.15) is 0 Å². The monoisotopic (exact) mass is 596 g/mol. The summed E-state index contributed by atoms with van der Waals surface area (Å²) in [6.45, 7) is 13.2. The third kappa shape index (κ3) is 5.38. The number of hydrogen-bond acceptors (Lipinski definition) is 6. The van der Waals surface area contributed by atoms with E-state index in [9.17, 15) is 13.2 Å². The van der Waals surface area contributed by atoms with Crippen LogP contribution in [0.15, 0.2) is 71.6 Å². The summed E-state index contributed by atoms with van der Waals surface area (Å²) in [5.41, 5.74) is 7.06. The Hall–Kier alpha value is -4.24. The fourth-order valence-electron chi connectivity index (χ4n) is 6.07. The zero-order valence-corrected chi connectivity index (χ0v) is 26.1. The molecule has 0 radical (unpaired) electrons. The number of aryl methyl sites for hydroxylation is 2. The molecule has 0 saturated heterocycles. The summed E-state index contributed by atoms with van der Waals surface area (Å²) < 4.78 is 36.0. The summed E-state index contributed by atoms with van der Waals surface area (Å²) in [7, 11) is -4.12. The highest BCUT2D eigenvalue weighted by atomic mass is 32.2. The number of fused-ring (bicyclic) bond motifs is 8. The van der Waals surface area contributed by atoms with Gasteiger partial charge in [0, 0.05) is 35.7 Å². The molecule has 2 aliphatic heterocycles. The SMILES string of the molecule is Cc1cccc(C)c1-c1cc2nc(n1)NS(=O)(=O)c1cccc(c1)C(=O)N1Cc3cc(C(C)(C)C)ccc3[C@@H](CO2)C1C. The minimum absolute atomic E-state index is 0.0458. The van der Waals surface area contributed by atoms with Crippen LogP contribution in [0.4, 0.5) is 5.95 Å². The van der Waals surface area contributed by atoms with Crippen LogP contribution in [0.5, 0.6) is 5.88 Å². The number of anilines is 1. The Balaban J connectivity index is 1.54. The van der Waals surface area contributed by atoms with Crippen molar-refractivity contribution in [2.75, 3.05) is 11.3 Å². The molecule has 6 bridgehead atoms. The van der Waals surface area contributed by atoms with Crippen molar-refractivity contribution in [2.45, 2.75) is 70.4 Å². The van der Waals surface area contributed by atoms with Gasteiger partial charge in [-0.3, -0.25) is 4.79 Å². The van der Waals surface area contributed by atoms with Gasteiger partial charge < -0.3 is 9.64 Å². The first kappa shape index (κ1) is 28.9. The van der Waals surface area contributed by atoms with Crippen LogP contribution in [-0.2, 0) is 22.0 Å². The number of aromatic nitrogens is 2. The Labute approximate surface area is 253 Å². The number of carbonyl (C=O) groups is 1. The van der Waals surface area contributed by atoms with E-state index in [4.69, 9.17) is 4.74 Å². The van der Waals surface area contributed by atoms with E-state index in [1.54, 1.807) is 18.2 Å². The van der Waals surface area contributed by atoms with E-state index in [0.29, 0.717) is 17.8 Å². The number of carbonyl (C=O) groups excluding carboxylic acids is 1. The number of nitrogens with zero attached hydrogens (tertiary/aromatic N) is 3. The van der Waals surface area contributed by atoms with E-state index in [1.165, 1.54) is 17.7 Å². The largest absolute Gasteiger partial charge is 0.477 e. The molecule has 1 N–H and O–H groups in total. The lowest BCUT2D eigenvalue weighted by atomic mass is 9.79. The molecule has 3 heterocycles. The average molecular weight is 597 g/mol. The Kier molecular flexibility index (Phi) is 7.04. The smallest absolute Gasteiger partial charge is 0.264 e. The molecular formula is C34H36N4O4S. The molecule has 0 saturated carbocycles. The fourth-order valence-corrected chi connectivity index (χ4v) is 7.06. The number of hydrogen-bond donors (Lipinski definition) is 1. The van der Waals surface area contributed by atoms with Crippen molar-refractivity contribution in [3.8, 4) is 17.1 Å². The molecule has 6 rings (SSSR count). The normalized spacial score (nSPS) is 19.5. The van der Waals surface area contributed by atoms with Gasteiger partial charge in [0.05, 0.1) is 17.2 Å². The predicted octanol–water partition coefficient (Wildman–Crippen LogP) is 6.38. The van der Waals surface area contributed by atoms with Gasteiger partial charge in [-0.05, 0) is 72.2 Å². The van der Waals surface area contributed by atoms with Crippen molar-refractivity contribution < 1.29 is 17.9 Å². The predicted molar refractivity (Wildman–Crippen MR) is 167 cm³/mol. The highest BCUT2D eigenvalue weighted by Crippen LogP contribution is 2.38. The molecule has 1 unspecified atom stereocenters. The van der Waals surface area contributed by atoms with E-state index in [2.05, 4.69) is 53.7 Å². The van der Waals surface area contributed by atoms with Gasteiger partial charge in [-0.25, -0.2) is 18.1 Å². The van der Waals surface area contributed by atoms with E-state index in [0.717, 1.165) is 27.8 Å². The van der Waals surface area contributed by atoms with Crippen LogP contribution in [0.25, 0.3) is 11.3 Å². The molecule has 0 aliphatic carbocycles. The first-order valence-electron chi connectivity index (χ1n) is 14.5. The quantitative estimate of drug-likeness (QED) is 0.274. The maximum absolute atomic E-state index is 14.0. The first-order valence-corrected chi connectivity index (χ1v) is 16.0. The summed E-state index contributed by atoms with van der Waals surface area (Å²) in [5, 5.41) is 0. The second-order valence-electron chi connectivity index (χ2n) is 12.6. The number of nitrogens with one attached hydrogen (secondary N) is 1. The summed E-state index contributed by atoms with van der Waals surface area (Å²) in [6.07, 6.45) is 0. The van der Waals surface area contributed by atoms with E-state index in [1.807, 2.05) is 43.9 Å². The van der Waals surface area contributed by atoms with Gasteiger partial charge in [0.25, 0.3) is 15.9 Å². The molecule has 2 atom stereocenters. The number of benzene rings is 3. The molecule has 0 fully saturated rings. The third-order valence-electron chi connectivity index (χ3n) is 8.55. The maximum atomic E-state index is 14.0. The summed E-state index contributed by atoms with van der Waals surface area (Å²) in [6, 6.07) is 20.1. The molecule has 4 aromatic rings. The summed E-state index contributed by atoms with van der Waals surface area (Å²) in [5.74, 6) is -0.228. The first-order chi connectivity index (χ1) is 20.3. The topological polar surface area (TPSA) is 101 Å². The molecule has 2 aliphatic rings. The molecule has 9 heteroatoms. The number of rotatable bonds is 1. The van der Waals surface area contributed by atoms with Crippen molar-refractivity contribution in [3.05, 3.63) is 100 Å². The van der Waals surface area contributed by atoms with Crippen molar-refractivity contribution in [3.63, 3.8) is 0 Å². The van der Waals surface area contributed by atoms with Gasteiger partial charge in [-0.2, -0.15) is 4.98 Å². The average Bonchev–Trinajstić information content (AvgIpc) is 2.94. The summed E-state index contributed by atoms with van der Waals surface area (Å²) in [4.78, 5) is 24.8. The Morgan fingerprint density at radius 2 is 1.67 bits per heavy atom. The van der Waals surface area contributed by atoms with Gasteiger partial charge in [-0.1, -0.05) is 63.2 Å². The highest BCUT2D eigenvalue weighted by Gasteiger charge is 2.37. The number of ether oxygens (including phenoxy) is 1. The van der Waals surface area contributed by atoms with Crippen LogP contribution in [0, 0.1) is 13.8 Å². The molecule has 1 amide bonds. The van der Waals surface area contributed by atoms with Crippen molar-refractivity contribution in [1.82, 2.24) is 14.9 Å². The second kappa shape index (κ2) is 10.5. The van der Waals surface area contributed by atoms with Crippen LogP contribution >= 0.6 is 0 Å². The van der Waals surface area contributed by atoms with Crippen LogP contribution in [0.1, 0.15) is 71.8 Å². The van der Waals surface area contributed by atoms with Crippen molar-refractivity contribution in [2.24, 2.45) is 0 Å². The Bertz CT molecular complexity index is 1840. The fraction of sp³-hybridized carbons (Fsp3) is 0.324. The summed E-state index contributed by atoms with van der Waals surface area (Å²) >= 11 is 0. The second-order valence-corrected chi connectivity index (χ2v) is 14.3. The van der Waals surface area contributed by atoms with Crippen LogP contribution in [-0.4, -0.2) is 41.8 Å². The lowest BCUT2D eigenvalue weighted by molar-refractivity contribution is 0.0590. The van der Waals surface area contributed by atoms with Crippen LogP contribution < -0.4 is 9.46 Å². The molecule has 0 spiro atoms. The zero-order valence-electron chi connectivity index (χ0n) is 25.3. The molecule has 3 aromatic carbocycles. The van der Waals surface area contributed by atoms with Gasteiger partial charge in [0.2, 0.25) is 11.8 Å².